The predicted octanol–water partition coefficient (Wildman–Crippen LogP) is 6.72. The topological polar surface area (TPSA) is 93.7 Å². The van der Waals surface area contributed by atoms with Crippen molar-refractivity contribution in [3.8, 4) is 11.5 Å². The van der Waals surface area contributed by atoms with Crippen molar-refractivity contribution in [1.82, 2.24) is 10.6 Å². The molecule has 0 aliphatic carbocycles. The third-order valence-electron chi connectivity index (χ3n) is 7.09. The fourth-order valence-electron chi connectivity index (χ4n) is 4.55. The average molecular weight is 567 g/mol. The first-order valence-electron chi connectivity index (χ1n) is 15.0. The van der Waals surface area contributed by atoms with Crippen molar-refractivity contribution in [2.24, 2.45) is 11.8 Å². The van der Waals surface area contributed by atoms with Gasteiger partial charge in [0.1, 0.15) is 6.04 Å². The van der Waals surface area contributed by atoms with Crippen molar-refractivity contribution in [2.45, 2.75) is 105 Å². The molecule has 7 heteroatoms. The average Bonchev–Trinajstić information content (AvgIpc) is 2.93. The lowest BCUT2D eigenvalue weighted by molar-refractivity contribution is -0.139. The first-order valence-corrected chi connectivity index (χ1v) is 15.0. The van der Waals surface area contributed by atoms with E-state index in [1.165, 1.54) is 25.5 Å². The van der Waals surface area contributed by atoms with E-state index in [0.717, 1.165) is 42.7 Å². The summed E-state index contributed by atoms with van der Waals surface area (Å²) in [6.07, 6.45) is 7.07. The Labute approximate surface area is 246 Å². The standard InChI is InChI=1S/C34H50N2O5/c1-23(2)12-10-8-9-11-13-32(37)35-22-28-16-19-30(31(21-28)40-7)41-34(39)26(6)36-33(38)25(5)29-17-14-27(15-18-29)20-24(3)4/h14-19,21,23-26H,8-13,20,22H2,1-7H3,(H,35,37)(H,36,38). The van der Waals surface area contributed by atoms with E-state index in [1.807, 2.05) is 31.2 Å². The molecule has 0 bridgehead atoms. The van der Waals surface area contributed by atoms with Gasteiger partial charge >= 0.3 is 5.97 Å². The molecule has 0 aliphatic heterocycles. The molecule has 0 spiro atoms. The van der Waals surface area contributed by atoms with Gasteiger partial charge < -0.3 is 20.1 Å². The number of unbranched alkanes of at least 4 members (excludes halogenated alkanes) is 3. The van der Waals surface area contributed by atoms with E-state index < -0.39 is 17.9 Å². The third-order valence-corrected chi connectivity index (χ3v) is 7.09. The lowest BCUT2D eigenvalue weighted by atomic mass is 9.96. The molecule has 0 saturated heterocycles. The minimum atomic E-state index is -0.848. The highest BCUT2D eigenvalue weighted by molar-refractivity contribution is 5.89. The molecule has 226 valence electrons. The van der Waals surface area contributed by atoms with Crippen molar-refractivity contribution >= 4 is 17.8 Å². The van der Waals surface area contributed by atoms with Crippen LogP contribution in [0, 0.1) is 11.8 Å². The van der Waals surface area contributed by atoms with Crippen LogP contribution >= 0.6 is 0 Å². The molecular formula is C34H50N2O5. The van der Waals surface area contributed by atoms with Gasteiger partial charge in [-0.25, -0.2) is 4.79 Å². The molecule has 2 aromatic rings. The van der Waals surface area contributed by atoms with Crippen LogP contribution in [0.2, 0.25) is 0 Å². The zero-order valence-electron chi connectivity index (χ0n) is 26.0. The van der Waals surface area contributed by atoms with Crippen molar-refractivity contribution in [3.05, 3.63) is 59.2 Å². The van der Waals surface area contributed by atoms with Gasteiger partial charge in [0.15, 0.2) is 11.5 Å². The van der Waals surface area contributed by atoms with Crippen molar-refractivity contribution in [2.75, 3.05) is 7.11 Å². The molecule has 41 heavy (non-hydrogen) atoms. The summed E-state index contributed by atoms with van der Waals surface area (Å²) in [5.74, 6) is 0.693. The van der Waals surface area contributed by atoms with Gasteiger partial charge in [0.25, 0.3) is 0 Å². The number of benzene rings is 2. The number of methoxy groups -OCH3 is 1. The molecule has 0 fully saturated rings. The Morgan fingerprint density at radius 2 is 1.44 bits per heavy atom. The van der Waals surface area contributed by atoms with E-state index in [9.17, 15) is 14.4 Å². The summed E-state index contributed by atoms with van der Waals surface area (Å²) in [6, 6.07) is 12.3. The van der Waals surface area contributed by atoms with Gasteiger partial charge in [-0.1, -0.05) is 83.7 Å². The Hall–Kier alpha value is -3.35. The maximum absolute atomic E-state index is 12.8. The number of nitrogens with one attached hydrogen (secondary N) is 2. The van der Waals surface area contributed by atoms with E-state index in [4.69, 9.17) is 9.47 Å². The second-order valence-electron chi connectivity index (χ2n) is 11.8. The Balaban J connectivity index is 1.83. The number of carbonyl (C=O) groups excluding carboxylic acids is 3. The van der Waals surface area contributed by atoms with Gasteiger partial charge in [-0.05, 0) is 67.3 Å². The second-order valence-corrected chi connectivity index (χ2v) is 11.8. The van der Waals surface area contributed by atoms with Crippen LogP contribution in [0.1, 0.15) is 103 Å². The minimum Gasteiger partial charge on any atom is -0.493 e. The zero-order chi connectivity index (χ0) is 30.4. The van der Waals surface area contributed by atoms with Crippen molar-refractivity contribution < 1.29 is 23.9 Å². The Bertz CT molecular complexity index is 1110. The minimum absolute atomic E-state index is 0.0219. The summed E-state index contributed by atoms with van der Waals surface area (Å²) >= 11 is 0. The molecule has 0 radical (unpaired) electrons. The fraction of sp³-hybridized carbons (Fsp3) is 0.559. The van der Waals surface area contributed by atoms with Crippen LogP contribution in [0.25, 0.3) is 0 Å². The summed E-state index contributed by atoms with van der Waals surface area (Å²) in [6.45, 7) is 12.6. The van der Waals surface area contributed by atoms with Crippen LogP contribution < -0.4 is 20.1 Å². The predicted molar refractivity (Wildman–Crippen MR) is 164 cm³/mol. The number of amides is 2. The number of esters is 1. The molecule has 2 N–H and O–H groups in total. The van der Waals surface area contributed by atoms with Crippen LogP contribution in [-0.4, -0.2) is 30.9 Å². The molecule has 2 unspecified atom stereocenters. The highest BCUT2D eigenvalue weighted by Crippen LogP contribution is 2.28. The summed E-state index contributed by atoms with van der Waals surface area (Å²) in [5.41, 5.74) is 2.96. The molecule has 2 rings (SSSR count). The molecule has 2 aromatic carbocycles. The lowest BCUT2D eigenvalue weighted by Crippen LogP contribution is -2.42. The third kappa shape index (κ3) is 12.4. The highest BCUT2D eigenvalue weighted by Gasteiger charge is 2.23. The molecular weight excluding hydrogens is 516 g/mol. The molecule has 0 aromatic heterocycles. The lowest BCUT2D eigenvalue weighted by Gasteiger charge is -2.18. The first kappa shape index (κ1) is 33.9. The number of rotatable bonds is 17. The second kappa shape index (κ2) is 17.5. The van der Waals surface area contributed by atoms with Gasteiger partial charge in [0.05, 0.1) is 13.0 Å². The summed E-state index contributed by atoms with van der Waals surface area (Å²) < 4.78 is 11.0. The van der Waals surface area contributed by atoms with Gasteiger partial charge in [0.2, 0.25) is 11.8 Å². The van der Waals surface area contributed by atoms with E-state index in [1.54, 1.807) is 25.1 Å². The smallest absolute Gasteiger partial charge is 0.333 e. The maximum Gasteiger partial charge on any atom is 0.333 e. The Morgan fingerprint density at radius 1 is 0.780 bits per heavy atom. The number of carbonyl (C=O) groups is 3. The summed E-state index contributed by atoms with van der Waals surface area (Å²) in [4.78, 5) is 37.8. The van der Waals surface area contributed by atoms with Gasteiger partial charge in [-0.15, -0.1) is 0 Å². The monoisotopic (exact) mass is 566 g/mol. The molecule has 7 nitrogen and oxygen atoms in total. The van der Waals surface area contributed by atoms with E-state index in [-0.39, 0.29) is 17.6 Å². The molecule has 0 heterocycles. The highest BCUT2D eigenvalue weighted by atomic mass is 16.6. The number of ether oxygens (including phenoxy) is 2. The van der Waals surface area contributed by atoms with Crippen LogP contribution in [0.4, 0.5) is 0 Å². The summed E-state index contributed by atoms with van der Waals surface area (Å²) in [7, 11) is 1.49. The van der Waals surface area contributed by atoms with E-state index in [0.29, 0.717) is 24.6 Å². The van der Waals surface area contributed by atoms with Crippen molar-refractivity contribution in [1.29, 1.82) is 0 Å². The number of hydrogen-bond acceptors (Lipinski definition) is 5. The quantitative estimate of drug-likeness (QED) is 0.126. The van der Waals surface area contributed by atoms with Gasteiger partial charge in [-0.3, -0.25) is 9.59 Å². The van der Waals surface area contributed by atoms with E-state index in [2.05, 4.69) is 38.3 Å². The molecule has 0 saturated carbocycles. The molecule has 2 atom stereocenters. The Morgan fingerprint density at radius 3 is 2.07 bits per heavy atom. The number of hydrogen-bond donors (Lipinski definition) is 2. The summed E-state index contributed by atoms with van der Waals surface area (Å²) in [5, 5.41) is 5.70. The van der Waals surface area contributed by atoms with Crippen LogP contribution in [0.5, 0.6) is 11.5 Å². The molecule has 2 amide bonds. The van der Waals surface area contributed by atoms with Crippen LogP contribution in [-0.2, 0) is 27.3 Å². The first-order chi connectivity index (χ1) is 19.5. The van der Waals surface area contributed by atoms with Gasteiger partial charge in [-0.2, -0.15) is 0 Å². The maximum atomic E-state index is 12.8. The zero-order valence-corrected chi connectivity index (χ0v) is 26.0. The Kier molecular flexibility index (Phi) is 14.4. The fourth-order valence-corrected chi connectivity index (χ4v) is 4.55. The van der Waals surface area contributed by atoms with Crippen LogP contribution in [0.15, 0.2) is 42.5 Å². The SMILES string of the molecule is COc1cc(CNC(=O)CCCCCCC(C)C)ccc1OC(=O)C(C)NC(=O)C(C)c1ccc(CC(C)C)cc1. The van der Waals surface area contributed by atoms with Crippen LogP contribution in [0.3, 0.4) is 0 Å². The normalized spacial score (nSPS) is 12.6. The molecule has 0 aliphatic rings. The largest absolute Gasteiger partial charge is 0.493 e. The van der Waals surface area contributed by atoms with E-state index >= 15 is 0 Å². The van der Waals surface area contributed by atoms with Crippen molar-refractivity contribution in [3.63, 3.8) is 0 Å². The van der Waals surface area contributed by atoms with Gasteiger partial charge in [0, 0.05) is 13.0 Å².